The van der Waals surface area contributed by atoms with Crippen LogP contribution in [0.1, 0.15) is 22.3 Å². The van der Waals surface area contributed by atoms with E-state index in [2.05, 4.69) is 10.1 Å². The first-order valence-electron chi connectivity index (χ1n) is 8.21. The first-order valence-corrected chi connectivity index (χ1v) is 8.21. The van der Waals surface area contributed by atoms with Gasteiger partial charge in [-0.05, 0) is 42.7 Å². The van der Waals surface area contributed by atoms with E-state index in [1.807, 2.05) is 26.0 Å². The summed E-state index contributed by atoms with van der Waals surface area (Å²) in [5.41, 5.74) is 4.65. The highest BCUT2D eigenvalue weighted by atomic mass is 19.3. The van der Waals surface area contributed by atoms with E-state index in [0.29, 0.717) is 6.54 Å². The Balaban J connectivity index is 1.60. The second kappa shape index (κ2) is 7.56. The molecule has 0 radical (unpaired) electrons. The van der Waals surface area contributed by atoms with Gasteiger partial charge in [0.2, 0.25) is 5.91 Å². The highest BCUT2D eigenvalue weighted by Gasteiger charge is 2.13. The molecule has 2 aromatic carbocycles. The zero-order valence-electron chi connectivity index (χ0n) is 14.5. The zero-order valence-corrected chi connectivity index (χ0v) is 14.5. The van der Waals surface area contributed by atoms with E-state index in [-0.39, 0.29) is 18.1 Å². The summed E-state index contributed by atoms with van der Waals surface area (Å²) < 4.78 is 34.2. The number of alkyl halides is 2. The number of fused-ring (bicyclic) bond motifs is 1. The molecule has 4 nitrogen and oxygen atoms in total. The maximum Gasteiger partial charge on any atom is 0.387 e. The van der Waals surface area contributed by atoms with Crippen LogP contribution in [-0.2, 0) is 17.8 Å². The number of rotatable bonds is 6. The topological polar surface area (TPSA) is 51.5 Å². The molecule has 1 amide bonds. The van der Waals surface area contributed by atoms with Gasteiger partial charge in [0.1, 0.15) is 11.3 Å². The Morgan fingerprint density at radius 3 is 2.58 bits per heavy atom. The van der Waals surface area contributed by atoms with Crippen LogP contribution in [0.4, 0.5) is 8.78 Å². The van der Waals surface area contributed by atoms with Gasteiger partial charge in [-0.2, -0.15) is 8.78 Å². The number of amides is 1. The monoisotopic (exact) mass is 359 g/mol. The quantitative estimate of drug-likeness (QED) is 0.704. The van der Waals surface area contributed by atoms with E-state index in [0.717, 1.165) is 33.2 Å². The third kappa shape index (κ3) is 4.02. The number of hydrogen-bond acceptors (Lipinski definition) is 3. The first kappa shape index (κ1) is 17.9. The maximum absolute atomic E-state index is 12.2. The van der Waals surface area contributed by atoms with Gasteiger partial charge in [0.15, 0.2) is 0 Å². The molecule has 1 aromatic heterocycles. The van der Waals surface area contributed by atoms with Crippen molar-refractivity contribution in [1.82, 2.24) is 5.32 Å². The van der Waals surface area contributed by atoms with E-state index in [1.54, 1.807) is 18.4 Å². The number of hydrogen-bond donors (Lipinski definition) is 1. The summed E-state index contributed by atoms with van der Waals surface area (Å²) in [5.74, 6) is -0.0514. The van der Waals surface area contributed by atoms with Crippen molar-refractivity contribution >= 4 is 16.9 Å². The van der Waals surface area contributed by atoms with Gasteiger partial charge in [-0.25, -0.2) is 0 Å². The molecule has 0 fully saturated rings. The summed E-state index contributed by atoms with van der Waals surface area (Å²) in [5, 5.41) is 3.76. The van der Waals surface area contributed by atoms with Gasteiger partial charge < -0.3 is 14.5 Å². The van der Waals surface area contributed by atoms with E-state index >= 15 is 0 Å². The van der Waals surface area contributed by atoms with Crippen LogP contribution in [0.25, 0.3) is 11.0 Å². The lowest BCUT2D eigenvalue weighted by Crippen LogP contribution is -2.24. The lowest BCUT2D eigenvalue weighted by atomic mass is 10.0. The number of nitrogens with one attached hydrogen (secondary N) is 1. The lowest BCUT2D eigenvalue weighted by molar-refractivity contribution is -0.120. The van der Waals surface area contributed by atoms with Gasteiger partial charge in [-0.3, -0.25) is 4.79 Å². The van der Waals surface area contributed by atoms with Crippen molar-refractivity contribution in [3.63, 3.8) is 0 Å². The highest BCUT2D eigenvalue weighted by Crippen LogP contribution is 2.26. The van der Waals surface area contributed by atoms with Gasteiger partial charge >= 0.3 is 6.61 Å². The second-order valence-electron chi connectivity index (χ2n) is 6.12. The van der Waals surface area contributed by atoms with Crippen LogP contribution in [0.5, 0.6) is 5.75 Å². The summed E-state index contributed by atoms with van der Waals surface area (Å²) in [6, 6.07) is 10.1. The second-order valence-corrected chi connectivity index (χ2v) is 6.12. The Bertz CT molecular complexity index is 917. The minimum absolute atomic E-state index is 0.0885. The molecule has 0 atom stereocenters. The molecule has 0 saturated heterocycles. The Morgan fingerprint density at radius 1 is 1.15 bits per heavy atom. The smallest absolute Gasteiger partial charge is 0.387 e. The molecule has 0 aliphatic heterocycles. The minimum atomic E-state index is -2.85. The molecule has 1 heterocycles. The van der Waals surface area contributed by atoms with Crippen LogP contribution >= 0.6 is 0 Å². The first-order chi connectivity index (χ1) is 12.4. The van der Waals surface area contributed by atoms with Gasteiger partial charge in [0.05, 0.1) is 12.7 Å². The molecule has 0 spiro atoms. The number of carbonyl (C=O) groups is 1. The molecule has 0 bridgehead atoms. The summed E-state index contributed by atoms with van der Waals surface area (Å²) in [6.45, 7) is 1.47. The molecule has 26 heavy (non-hydrogen) atoms. The molecule has 1 N–H and O–H groups in total. The average molecular weight is 359 g/mol. The molecule has 0 unspecified atom stereocenters. The zero-order chi connectivity index (χ0) is 18.7. The fraction of sp³-hybridized carbons (Fsp3) is 0.250. The average Bonchev–Trinajstić information content (AvgIpc) is 3.00. The number of benzene rings is 2. The molecular formula is C20H19F2NO3. The maximum atomic E-state index is 12.2. The van der Waals surface area contributed by atoms with Gasteiger partial charge in [0, 0.05) is 17.5 Å². The highest BCUT2D eigenvalue weighted by molar-refractivity contribution is 5.89. The van der Waals surface area contributed by atoms with Crippen molar-refractivity contribution in [3.8, 4) is 5.75 Å². The Kier molecular flexibility index (Phi) is 5.21. The number of carbonyl (C=O) groups excluding carboxylic acids is 1. The largest absolute Gasteiger partial charge is 0.464 e. The van der Waals surface area contributed by atoms with Crippen LogP contribution < -0.4 is 10.1 Å². The number of ether oxygens (including phenoxy) is 1. The summed E-state index contributed by atoms with van der Waals surface area (Å²) >= 11 is 0. The number of aryl methyl sites for hydroxylation is 2. The molecule has 3 aromatic rings. The number of furan rings is 1. The normalized spacial score (nSPS) is 11.1. The predicted molar refractivity (Wildman–Crippen MR) is 94.3 cm³/mol. The standard InChI is InChI=1S/C20H19F2NO3/c1-12-3-8-17-15(11-25-19(17)13(12)2)9-18(24)23-10-14-4-6-16(7-5-14)26-20(21)22/h3-8,11,20H,9-10H2,1-2H3,(H,23,24). The molecule has 6 heteroatoms. The van der Waals surface area contributed by atoms with E-state index in [4.69, 9.17) is 4.42 Å². The molecular weight excluding hydrogens is 340 g/mol. The van der Waals surface area contributed by atoms with Crippen molar-refractivity contribution in [2.75, 3.05) is 0 Å². The van der Waals surface area contributed by atoms with Crippen molar-refractivity contribution in [1.29, 1.82) is 0 Å². The van der Waals surface area contributed by atoms with Crippen LogP contribution in [-0.4, -0.2) is 12.5 Å². The van der Waals surface area contributed by atoms with Gasteiger partial charge in [-0.15, -0.1) is 0 Å². The summed E-state index contributed by atoms with van der Waals surface area (Å²) in [6.07, 6.45) is 1.83. The third-order valence-electron chi connectivity index (χ3n) is 4.33. The minimum Gasteiger partial charge on any atom is -0.464 e. The molecule has 3 rings (SSSR count). The molecule has 0 aliphatic carbocycles. The van der Waals surface area contributed by atoms with E-state index in [9.17, 15) is 13.6 Å². The molecule has 0 aliphatic rings. The van der Waals surface area contributed by atoms with E-state index < -0.39 is 6.61 Å². The van der Waals surface area contributed by atoms with Crippen LogP contribution in [0, 0.1) is 13.8 Å². The summed E-state index contributed by atoms with van der Waals surface area (Å²) in [4.78, 5) is 12.2. The summed E-state index contributed by atoms with van der Waals surface area (Å²) in [7, 11) is 0. The van der Waals surface area contributed by atoms with Crippen molar-refractivity contribution in [3.05, 3.63) is 64.9 Å². The Hall–Kier alpha value is -2.89. The van der Waals surface area contributed by atoms with E-state index in [1.165, 1.54) is 12.1 Å². The van der Waals surface area contributed by atoms with Crippen LogP contribution in [0.15, 0.2) is 47.1 Å². The SMILES string of the molecule is Cc1ccc2c(CC(=O)NCc3ccc(OC(F)F)cc3)coc2c1C. The van der Waals surface area contributed by atoms with Crippen molar-refractivity contribution in [2.24, 2.45) is 0 Å². The number of halogens is 2. The lowest BCUT2D eigenvalue weighted by Gasteiger charge is -2.07. The van der Waals surface area contributed by atoms with Crippen molar-refractivity contribution in [2.45, 2.75) is 33.4 Å². The fourth-order valence-electron chi connectivity index (χ4n) is 2.75. The Labute approximate surface area is 149 Å². The van der Waals surface area contributed by atoms with Gasteiger partial charge in [0.25, 0.3) is 0 Å². The van der Waals surface area contributed by atoms with Crippen molar-refractivity contribution < 1.29 is 22.7 Å². The van der Waals surface area contributed by atoms with Crippen LogP contribution in [0.2, 0.25) is 0 Å². The third-order valence-corrected chi connectivity index (χ3v) is 4.33. The molecule has 0 saturated carbocycles. The Morgan fingerprint density at radius 2 is 1.88 bits per heavy atom. The fourth-order valence-corrected chi connectivity index (χ4v) is 2.75. The predicted octanol–water partition coefficient (Wildman–Crippen LogP) is 4.51. The molecule has 136 valence electrons. The van der Waals surface area contributed by atoms with Gasteiger partial charge in [-0.1, -0.05) is 24.3 Å². The van der Waals surface area contributed by atoms with Crippen LogP contribution in [0.3, 0.4) is 0 Å².